The van der Waals surface area contributed by atoms with Crippen molar-refractivity contribution in [3.05, 3.63) is 24.0 Å². The lowest BCUT2D eigenvalue weighted by molar-refractivity contribution is 0.0501. The molecule has 0 amide bonds. The highest BCUT2D eigenvalue weighted by Crippen LogP contribution is 2.16. The summed E-state index contributed by atoms with van der Waals surface area (Å²) in [7, 11) is 1.49. The van der Waals surface area contributed by atoms with Gasteiger partial charge in [-0.25, -0.2) is 4.79 Å². The Morgan fingerprint density at radius 3 is 3.00 bits per heavy atom. The fraction of sp³-hybridized carbons (Fsp3) is 0.400. The van der Waals surface area contributed by atoms with Gasteiger partial charge in [0.25, 0.3) is 0 Å². The highest BCUT2D eigenvalue weighted by molar-refractivity contribution is 5.92. The van der Waals surface area contributed by atoms with Gasteiger partial charge in [-0.3, -0.25) is 4.98 Å². The second-order valence-corrected chi connectivity index (χ2v) is 2.71. The quantitative estimate of drug-likeness (QED) is 0.685. The zero-order chi connectivity index (χ0) is 10.4. The molecule has 1 rings (SSSR count). The Labute approximate surface area is 82.9 Å². The second-order valence-electron chi connectivity index (χ2n) is 2.71. The largest absolute Gasteiger partial charge is 0.494 e. The van der Waals surface area contributed by atoms with Crippen LogP contribution in [0.4, 0.5) is 0 Å². The van der Waals surface area contributed by atoms with Crippen molar-refractivity contribution >= 4 is 5.97 Å². The standard InChI is InChI=1S/C10H13NO3/c1-3-6-14-10(12)8-4-5-11-7-9(8)13-2/h4-5,7H,3,6H2,1-2H3. The number of aromatic nitrogens is 1. The van der Waals surface area contributed by atoms with E-state index < -0.39 is 0 Å². The van der Waals surface area contributed by atoms with E-state index in [1.807, 2.05) is 6.92 Å². The number of pyridine rings is 1. The lowest BCUT2D eigenvalue weighted by Gasteiger charge is -2.06. The van der Waals surface area contributed by atoms with Crippen molar-refractivity contribution in [1.29, 1.82) is 0 Å². The van der Waals surface area contributed by atoms with Crippen LogP contribution < -0.4 is 4.74 Å². The maximum atomic E-state index is 11.5. The lowest BCUT2D eigenvalue weighted by Crippen LogP contribution is -2.07. The summed E-state index contributed by atoms with van der Waals surface area (Å²) in [5.41, 5.74) is 0.413. The highest BCUT2D eigenvalue weighted by Gasteiger charge is 2.12. The first kappa shape index (κ1) is 10.5. The molecule has 4 nitrogen and oxygen atoms in total. The fourth-order valence-corrected chi connectivity index (χ4v) is 0.984. The number of hydrogen-bond donors (Lipinski definition) is 0. The lowest BCUT2D eigenvalue weighted by atomic mass is 10.2. The van der Waals surface area contributed by atoms with E-state index in [9.17, 15) is 4.79 Å². The number of rotatable bonds is 4. The molecule has 76 valence electrons. The topological polar surface area (TPSA) is 48.4 Å². The van der Waals surface area contributed by atoms with E-state index in [1.54, 1.807) is 6.07 Å². The summed E-state index contributed by atoms with van der Waals surface area (Å²) >= 11 is 0. The van der Waals surface area contributed by atoms with E-state index in [0.29, 0.717) is 17.9 Å². The van der Waals surface area contributed by atoms with Crippen LogP contribution in [0.5, 0.6) is 5.75 Å². The van der Waals surface area contributed by atoms with Gasteiger partial charge in [-0.1, -0.05) is 6.92 Å². The average molecular weight is 195 g/mol. The molecule has 0 radical (unpaired) electrons. The van der Waals surface area contributed by atoms with Crippen molar-refractivity contribution in [3.8, 4) is 5.75 Å². The van der Waals surface area contributed by atoms with E-state index >= 15 is 0 Å². The Balaban J connectivity index is 2.78. The summed E-state index contributed by atoms with van der Waals surface area (Å²) in [6, 6.07) is 1.58. The molecule has 0 aliphatic rings. The molecule has 14 heavy (non-hydrogen) atoms. The van der Waals surface area contributed by atoms with Crippen LogP contribution in [0.3, 0.4) is 0 Å². The number of ether oxygens (including phenoxy) is 2. The van der Waals surface area contributed by atoms with Crippen molar-refractivity contribution in [2.75, 3.05) is 13.7 Å². The van der Waals surface area contributed by atoms with Gasteiger partial charge in [-0.15, -0.1) is 0 Å². The third-order valence-corrected chi connectivity index (χ3v) is 1.66. The Hall–Kier alpha value is -1.58. The van der Waals surface area contributed by atoms with Gasteiger partial charge in [0, 0.05) is 6.20 Å². The van der Waals surface area contributed by atoms with Crippen LogP contribution in [-0.2, 0) is 4.74 Å². The molecule has 0 bridgehead atoms. The molecule has 1 aromatic rings. The monoisotopic (exact) mass is 195 g/mol. The van der Waals surface area contributed by atoms with Crippen LogP contribution >= 0.6 is 0 Å². The van der Waals surface area contributed by atoms with E-state index in [2.05, 4.69) is 4.98 Å². The summed E-state index contributed by atoms with van der Waals surface area (Å²) in [5, 5.41) is 0. The summed E-state index contributed by atoms with van der Waals surface area (Å²) in [4.78, 5) is 15.3. The van der Waals surface area contributed by atoms with Crippen molar-refractivity contribution in [3.63, 3.8) is 0 Å². The minimum atomic E-state index is -0.369. The van der Waals surface area contributed by atoms with Gasteiger partial charge in [0.1, 0.15) is 5.56 Å². The van der Waals surface area contributed by atoms with Gasteiger partial charge in [0.2, 0.25) is 0 Å². The van der Waals surface area contributed by atoms with E-state index in [4.69, 9.17) is 9.47 Å². The molecule has 1 heterocycles. The Morgan fingerprint density at radius 2 is 2.36 bits per heavy atom. The molecule has 4 heteroatoms. The molecule has 0 spiro atoms. The first-order valence-electron chi connectivity index (χ1n) is 4.44. The zero-order valence-electron chi connectivity index (χ0n) is 8.32. The van der Waals surface area contributed by atoms with E-state index in [-0.39, 0.29) is 5.97 Å². The molecule has 0 fully saturated rings. The van der Waals surface area contributed by atoms with Gasteiger partial charge in [-0.2, -0.15) is 0 Å². The maximum Gasteiger partial charge on any atom is 0.342 e. The molecule has 0 atom stereocenters. The normalized spacial score (nSPS) is 9.57. The third-order valence-electron chi connectivity index (χ3n) is 1.66. The van der Waals surface area contributed by atoms with Crippen molar-refractivity contribution in [1.82, 2.24) is 4.98 Å². The van der Waals surface area contributed by atoms with Gasteiger partial charge in [0.15, 0.2) is 5.75 Å². The summed E-state index contributed by atoms with van der Waals surface area (Å²) < 4.78 is 9.96. The second kappa shape index (κ2) is 5.21. The molecule has 1 aromatic heterocycles. The van der Waals surface area contributed by atoms with Crippen LogP contribution in [0.25, 0.3) is 0 Å². The molecule has 0 saturated heterocycles. The SMILES string of the molecule is CCCOC(=O)c1ccncc1OC. The van der Waals surface area contributed by atoms with E-state index in [0.717, 1.165) is 6.42 Å². The number of nitrogens with zero attached hydrogens (tertiary/aromatic N) is 1. The summed E-state index contributed by atoms with van der Waals surface area (Å²) in [6.07, 6.45) is 3.83. The molecule has 0 saturated carbocycles. The molecule has 0 N–H and O–H groups in total. The Kier molecular flexibility index (Phi) is 3.91. The predicted octanol–water partition coefficient (Wildman–Crippen LogP) is 1.66. The Bertz CT molecular complexity index is 312. The third kappa shape index (κ3) is 2.45. The van der Waals surface area contributed by atoms with Crippen LogP contribution in [0.2, 0.25) is 0 Å². The molecular formula is C10H13NO3. The number of esters is 1. The van der Waals surface area contributed by atoms with Crippen LogP contribution in [0.1, 0.15) is 23.7 Å². The van der Waals surface area contributed by atoms with Crippen LogP contribution in [0.15, 0.2) is 18.5 Å². The molecular weight excluding hydrogens is 182 g/mol. The molecule has 0 aliphatic heterocycles. The summed E-state index contributed by atoms with van der Waals surface area (Å²) in [6.45, 7) is 2.36. The van der Waals surface area contributed by atoms with E-state index in [1.165, 1.54) is 19.5 Å². The summed E-state index contributed by atoms with van der Waals surface area (Å²) in [5.74, 6) is 0.0692. The van der Waals surface area contributed by atoms with Crippen molar-refractivity contribution in [2.24, 2.45) is 0 Å². The first-order valence-corrected chi connectivity index (χ1v) is 4.44. The number of carbonyl (C=O) groups excluding carboxylic acids is 1. The average Bonchev–Trinajstić information content (AvgIpc) is 2.25. The smallest absolute Gasteiger partial charge is 0.342 e. The number of hydrogen-bond acceptors (Lipinski definition) is 4. The molecule has 0 aromatic carbocycles. The van der Waals surface area contributed by atoms with Gasteiger partial charge < -0.3 is 9.47 Å². The fourth-order valence-electron chi connectivity index (χ4n) is 0.984. The predicted molar refractivity (Wildman–Crippen MR) is 51.4 cm³/mol. The van der Waals surface area contributed by atoms with Gasteiger partial charge >= 0.3 is 5.97 Å². The minimum absolute atomic E-state index is 0.369. The zero-order valence-corrected chi connectivity index (χ0v) is 8.32. The van der Waals surface area contributed by atoms with Crippen LogP contribution in [-0.4, -0.2) is 24.7 Å². The van der Waals surface area contributed by atoms with Gasteiger partial charge in [0.05, 0.1) is 19.9 Å². The highest BCUT2D eigenvalue weighted by atomic mass is 16.5. The number of carbonyl (C=O) groups is 1. The minimum Gasteiger partial charge on any atom is -0.494 e. The van der Waals surface area contributed by atoms with Crippen LogP contribution in [0, 0.1) is 0 Å². The Morgan fingerprint density at radius 1 is 1.57 bits per heavy atom. The molecule has 0 unspecified atom stereocenters. The van der Waals surface area contributed by atoms with Crippen molar-refractivity contribution < 1.29 is 14.3 Å². The first-order chi connectivity index (χ1) is 6.79. The maximum absolute atomic E-state index is 11.5. The number of methoxy groups -OCH3 is 1. The van der Waals surface area contributed by atoms with Crippen molar-refractivity contribution in [2.45, 2.75) is 13.3 Å². The molecule has 0 aliphatic carbocycles. The van der Waals surface area contributed by atoms with Gasteiger partial charge in [-0.05, 0) is 12.5 Å².